The lowest BCUT2D eigenvalue weighted by Crippen LogP contribution is -2.07. The van der Waals surface area contributed by atoms with Gasteiger partial charge in [-0.2, -0.15) is 0 Å². The Morgan fingerprint density at radius 1 is 1.42 bits per heavy atom. The van der Waals surface area contributed by atoms with E-state index in [1.807, 2.05) is 11.8 Å². The Hall–Kier alpha value is -0.500. The molecule has 1 unspecified atom stereocenters. The van der Waals surface area contributed by atoms with Crippen LogP contribution in [0.4, 0.5) is 0 Å². The van der Waals surface area contributed by atoms with Gasteiger partial charge in [-0.3, -0.25) is 4.99 Å². The highest BCUT2D eigenvalue weighted by Crippen LogP contribution is 2.38. The molecule has 64 valence electrons. The van der Waals surface area contributed by atoms with Gasteiger partial charge >= 0.3 is 0 Å². The first-order valence-electron chi connectivity index (χ1n) is 4.27. The number of aliphatic imine (C=N–C) groups is 1. The second kappa shape index (κ2) is 2.77. The fraction of sp³-hybridized carbons (Fsp3) is 0.500. The Kier molecular flexibility index (Phi) is 1.87. The molecule has 1 nitrogen and oxygen atoms in total. The number of allylic oxidation sites excluding steroid dienone is 2. The van der Waals surface area contributed by atoms with E-state index in [2.05, 4.69) is 31.8 Å². The third kappa shape index (κ3) is 1.24. The predicted molar refractivity (Wildman–Crippen MR) is 55.6 cm³/mol. The highest BCUT2D eigenvalue weighted by molar-refractivity contribution is 8.17. The minimum atomic E-state index is 0.457. The third-order valence-electron chi connectivity index (χ3n) is 2.46. The number of thioether (sulfide) groups is 1. The summed E-state index contributed by atoms with van der Waals surface area (Å²) in [7, 11) is 0. The van der Waals surface area contributed by atoms with E-state index in [9.17, 15) is 0 Å². The lowest BCUT2D eigenvalue weighted by molar-refractivity contribution is 0.780. The molecule has 0 aromatic rings. The maximum absolute atomic E-state index is 4.57. The summed E-state index contributed by atoms with van der Waals surface area (Å²) in [6, 6.07) is 0.457. The molecule has 1 heterocycles. The van der Waals surface area contributed by atoms with Crippen LogP contribution in [0.25, 0.3) is 0 Å². The van der Waals surface area contributed by atoms with Gasteiger partial charge in [0.2, 0.25) is 0 Å². The molecule has 1 aliphatic carbocycles. The van der Waals surface area contributed by atoms with Crippen molar-refractivity contribution in [3.05, 3.63) is 22.1 Å². The average molecular weight is 179 g/mol. The van der Waals surface area contributed by atoms with Crippen LogP contribution in [-0.4, -0.2) is 11.1 Å². The van der Waals surface area contributed by atoms with Gasteiger partial charge < -0.3 is 0 Å². The molecule has 2 rings (SSSR count). The predicted octanol–water partition coefficient (Wildman–Crippen LogP) is 3.14. The molecular formula is C10H13NS. The zero-order valence-corrected chi connectivity index (χ0v) is 8.53. The topological polar surface area (TPSA) is 12.4 Å². The number of hydrogen-bond acceptors (Lipinski definition) is 2. The minimum Gasteiger partial charge on any atom is -0.274 e. The molecule has 2 heteroatoms. The van der Waals surface area contributed by atoms with E-state index in [1.54, 1.807) is 0 Å². The summed E-state index contributed by atoms with van der Waals surface area (Å²) in [5.74, 6) is 0. The van der Waals surface area contributed by atoms with Crippen molar-refractivity contribution in [2.24, 2.45) is 4.99 Å². The number of rotatable bonds is 0. The average Bonchev–Trinajstić information content (AvgIpc) is 2.30. The molecule has 1 aliphatic heterocycles. The van der Waals surface area contributed by atoms with Gasteiger partial charge in [0.05, 0.1) is 11.1 Å². The van der Waals surface area contributed by atoms with E-state index in [0.29, 0.717) is 6.04 Å². The molecule has 0 bridgehead atoms. The van der Waals surface area contributed by atoms with Crippen LogP contribution in [-0.2, 0) is 0 Å². The van der Waals surface area contributed by atoms with Crippen molar-refractivity contribution in [1.29, 1.82) is 0 Å². The molecule has 0 aromatic heterocycles. The molecular weight excluding hydrogens is 166 g/mol. The highest BCUT2D eigenvalue weighted by atomic mass is 32.2. The summed E-state index contributed by atoms with van der Waals surface area (Å²) >= 11 is 1.83. The molecule has 0 radical (unpaired) electrons. The van der Waals surface area contributed by atoms with Gasteiger partial charge in [0.15, 0.2) is 0 Å². The Balaban J connectivity index is 2.32. The van der Waals surface area contributed by atoms with E-state index in [1.165, 1.54) is 21.1 Å². The van der Waals surface area contributed by atoms with Crippen LogP contribution in [0.15, 0.2) is 27.1 Å². The van der Waals surface area contributed by atoms with E-state index < -0.39 is 0 Å². The molecule has 0 fully saturated rings. The zero-order valence-electron chi connectivity index (χ0n) is 7.72. The van der Waals surface area contributed by atoms with Gasteiger partial charge in [-0.15, -0.1) is 0 Å². The lowest BCUT2D eigenvalue weighted by atomic mass is 9.97. The molecule has 0 saturated heterocycles. The highest BCUT2D eigenvalue weighted by Gasteiger charge is 2.25. The van der Waals surface area contributed by atoms with Crippen molar-refractivity contribution in [1.82, 2.24) is 0 Å². The molecule has 0 spiro atoms. The first-order chi connectivity index (χ1) is 5.66. The first-order valence-corrected chi connectivity index (χ1v) is 5.08. The Bertz CT molecular complexity index is 310. The standard InChI is InChI=1S/C10H13NS/c1-6-4-9-10(5-7(6)2)12-8(3)11-9/h5,9H,4H2,1-3H3. The minimum absolute atomic E-state index is 0.457. The maximum atomic E-state index is 4.57. The van der Waals surface area contributed by atoms with Gasteiger partial charge in [0.25, 0.3) is 0 Å². The maximum Gasteiger partial charge on any atom is 0.0857 e. The molecule has 2 aliphatic rings. The second-order valence-electron chi connectivity index (χ2n) is 3.48. The van der Waals surface area contributed by atoms with E-state index in [4.69, 9.17) is 0 Å². The van der Waals surface area contributed by atoms with Gasteiger partial charge in [0, 0.05) is 4.91 Å². The summed E-state index contributed by atoms with van der Waals surface area (Å²) in [4.78, 5) is 6.01. The van der Waals surface area contributed by atoms with Gasteiger partial charge in [-0.05, 0) is 33.3 Å². The van der Waals surface area contributed by atoms with E-state index in [0.717, 1.165) is 6.42 Å². The quantitative estimate of drug-likeness (QED) is 0.556. The summed E-state index contributed by atoms with van der Waals surface area (Å²) in [5.41, 5.74) is 2.92. The molecule has 1 atom stereocenters. The Morgan fingerprint density at radius 2 is 2.17 bits per heavy atom. The largest absolute Gasteiger partial charge is 0.274 e. The molecule has 0 saturated carbocycles. The van der Waals surface area contributed by atoms with Crippen molar-refractivity contribution >= 4 is 16.8 Å². The summed E-state index contributed by atoms with van der Waals surface area (Å²) in [5, 5.41) is 1.22. The molecule has 0 aromatic carbocycles. The van der Waals surface area contributed by atoms with Crippen molar-refractivity contribution < 1.29 is 0 Å². The van der Waals surface area contributed by atoms with Gasteiger partial charge in [-0.25, -0.2) is 0 Å². The number of nitrogens with zero attached hydrogens (tertiary/aromatic N) is 1. The SMILES string of the molecule is CC1=NC2CC(C)=C(C)C=C2S1. The summed E-state index contributed by atoms with van der Waals surface area (Å²) < 4.78 is 0. The summed E-state index contributed by atoms with van der Waals surface area (Å²) in [6.07, 6.45) is 3.41. The fourth-order valence-corrected chi connectivity index (χ4v) is 2.64. The van der Waals surface area contributed by atoms with Crippen LogP contribution >= 0.6 is 11.8 Å². The van der Waals surface area contributed by atoms with Crippen molar-refractivity contribution in [2.75, 3.05) is 0 Å². The smallest absolute Gasteiger partial charge is 0.0857 e. The first kappa shape index (κ1) is 8.11. The second-order valence-corrected chi connectivity index (χ2v) is 4.75. The van der Waals surface area contributed by atoms with E-state index in [-0.39, 0.29) is 0 Å². The summed E-state index contributed by atoms with van der Waals surface area (Å²) in [6.45, 7) is 6.48. The zero-order chi connectivity index (χ0) is 8.72. The number of hydrogen-bond donors (Lipinski definition) is 0. The monoisotopic (exact) mass is 179 g/mol. The van der Waals surface area contributed by atoms with Crippen molar-refractivity contribution in [3.8, 4) is 0 Å². The third-order valence-corrected chi connectivity index (χ3v) is 3.49. The Morgan fingerprint density at radius 3 is 2.92 bits per heavy atom. The fourth-order valence-electron chi connectivity index (χ4n) is 1.61. The Labute approximate surface area is 77.7 Å². The van der Waals surface area contributed by atoms with Crippen molar-refractivity contribution in [3.63, 3.8) is 0 Å². The van der Waals surface area contributed by atoms with Crippen LogP contribution in [0, 0.1) is 0 Å². The van der Waals surface area contributed by atoms with Crippen LogP contribution in [0.3, 0.4) is 0 Å². The van der Waals surface area contributed by atoms with Crippen LogP contribution in [0.5, 0.6) is 0 Å². The van der Waals surface area contributed by atoms with E-state index >= 15 is 0 Å². The van der Waals surface area contributed by atoms with Crippen molar-refractivity contribution in [2.45, 2.75) is 33.2 Å². The molecule has 0 amide bonds. The van der Waals surface area contributed by atoms with Crippen LogP contribution in [0.1, 0.15) is 27.2 Å². The normalized spacial score (nSPS) is 28.4. The lowest BCUT2D eigenvalue weighted by Gasteiger charge is -2.16. The van der Waals surface area contributed by atoms with Gasteiger partial charge in [0.1, 0.15) is 0 Å². The van der Waals surface area contributed by atoms with Crippen LogP contribution < -0.4 is 0 Å². The van der Waals surface area contributed by atoms with Crippen LogP contribution in [0.2, 0.25) is 0 Å². The molecule has 0 N–H and O–H groups in total. The van der Waals surface area contributed by atoms with Gasteiger partial charge in [-0.1, -0.05) is 22.9 Å². The molecule has 12 heavy (non-hydrogen) atoms. The number of fused-ring (bicyclic) bond motifs is 1.